The molecule has 0 fully saturated rings. The Morgan fingerprint density at radius 3 is 2.06 bits per heavy atom. The van der Waals surface area contributed by atoms with E-state index in [4.69, 9.17) is 10.8 Å². The summed E-state index contributed by atoms with van der Waals surface area (Å²) in [4.78, 5) is 12.1. The lowest BCUT2D eigenvalue weighted by Crippen LogP contribution is -2.53. The fraction of sp³-hybridized carbons (Fsp3) is 0.462. The standard InChI is InChI=1S/C13H20N2O2/c1-12(2,13(3,4)14)11(17)15-9-5-7-10(16)8-6-9/h5-8,16H,14H2,1-4H3,(H,15,17). The topological polar surface area (TPSA) is 75.4 Å². The Balaban J connectivity index is 2.83. The van der Waals surface area contributed by atoms with Gasteiger partial charge in [0.2, 0.25) is 5.91 Å². The van der Waals surface area contributed by atoms with Crippen LogP contribution < -0.4 is 11.1 Å². The van der Waals surface area contributed by atoms with E-state index in [1.807, 2.05) is 27.7 Å². The normalized spacial score (nSPS) is 12.3. The van der Waals surface area contributed by atoms with Gasteiger partial charge in [0.15, 0.2) is 0 Å². The highest BCUT2D eigenvalue weighted by Crippen LogP contribution is 2.29. The third-order valence-electron chi connectivity index (χ3n) is 3.30. The minimum Gasteiger partial charge on any atom is -0.508 e. The number of nitrogens with one attached hydrogen (secondary N) is 1. The van der Waals surface area contributed by atoms with E-state index in [9.17, 15) is 4.79 Å². The molecule has 1 aromatic rings. The van der Waals surface area contributed by atoms with Crippen molar-refractivity contribution in [1.82, 2.24) is 0 Å². The molecule has 94 valence electrons. The van der Waals surface area contributed by atoms with Gasteiger partial charge in [-0.05, 0) is 52.0 Å². The number of carbonyl (C=O) groups is 1. The first-order valence-electron chi connectivity index (χ1n) is 5.54. The molecule has 0 aliphatic carbocycles. The number of nitrogens with two attached hydrogens (primary N) is 1. The van der Waals surface area contributed by atoms with E-state index < -0.39 is 11.0 Å². The first kappa shape index (κ1) is 13.5. The van der Waals surface area contributed by atoms with Crippen molar-refractivity contribution in [1.29, 1.82) is 0 Å². The summed E-state index contributed by atoms with van der Waals surface area (Å²) in [6, 6.07) is 6.34. The Bertz CT molecular complexity index is 402. The van der Waals surface area contributed by atoms with Crippen molar-refractivity contribution in [2.75, 3.05) is 5.32 Å². The molecule has 0 saturated carbocycles. The van der Waals surface area contributed by atoms with Gasteiger partial charge in [0.05, 0.1) is 5.41 Å². The number of phenolic OH excluding ortho intramolecular Hbond substituents is 1. The fourth-order valence-corrected chi connectivity index (χ4v) is 1.12. The summed E-state index contributed by atoms with van der Waals surface area (Å²) in [5.41, 5.74) is 5.33. The van der Waals surface area contributed by atoms with Crippen LogP contribution in [0.1, 0.15) is 27.7 Å². The van der Waals surface area contributed by atoms with Crippen LogP contribution >= 0.6 is 0 Å². The van der Waals surface area contributed by atoms with Gasteiger partial charge in [-0.15, -0.1) is 0 Å². The predicted molar refractivity (Wildman–Crippen MR) is 68.8 cm³/mol. The van der Waals surface area contributed by atoms with Crippen molar-refractivity contribution in [3.05, 3.63) is 24.3 Å². The molecular formula is C13H20N2O2. The molecule has 4 heteroatoms. The van der Waals surface area contributed by atoms with Crippen LogP contribution in [0.4, 0.5) is 5.69 Å². The third kappa shape index (κ3) is 2.97. The predicted octanol–water partition coefficient (Wildman–Crippen LogP) is 2.09. The highest BCUT2D eigenvalue weighted by atomic mass is 16.3. The Kier molecular flexibility index (Phi) is 3.48. The van der Waals surface area contributed by atoms with Gasteiger partial charge in [-0.25, -0.2) is 0 Å². The lowest BCUT2D eigenvalue weighted by Gasteiger charge is -2.36. The number of hydrogen-bond donors (Lipinski definition) is 3. The molecule has 1 amide bonds. The number of phenols is 1. The smallest absolute Gasteiger partial charge is 0.231 e. The summed E-state index contributed by atoms with van der Waals surface area (Å²) < 4.78 is 0. The minimum absolute atomic E-state index is 0.143. The maximum atomic E-state index is 12.1. The molecule has 0 aliphatic rings. The zero-order valence-electron chi connectivity index (χ0n) is 10.7. The summed E-state index contributed by atoms with van der Waals surface area (Å²) in [6.45, 7) is 7.26. The van der Waals surface area contributed by atoms with E-state index in [2.05, 4.69) is 5.32 Å². The number of benzene rings is 1. The van der Waals surface area contributed by atoms with Crippen LogP contribution in [-0.2, 0) is 4.79 Å². The minimum atomic E-state index is -0.690. The molecule has 0 unspecified atom stereocenters. The number of aromatic hydroxyl groups is 1. The van der Waals surface area contributed by atoms with Crippen molar-refractivity contribution in [3.63, 3.8) is 0 Å². The van der Waals surface area contributed by atoms with Crippen molar-refractivity contribution < 1.29 is 9.90 Å². The molecule has 0 radical (unpaired) electrons. The molecule has 17 heavy (non-hydrogen) atoms. The van der Waals surface area contributed by atoms with Crippen LogP contribution in [-0.4, -0.2) is 16.6 Å². The number of carbonyl (C=O) groups excluding carboxylic acids is 1. The molecular weight excluding hydrogens is 216 g/mol. The van der Waals surface area contributed by atoms with Crippen LogP contribution in [0.5, 0.6) is 5.75 Å². The summed E-state index contributed by atoms with van der Waals surface area (Å²) in [5.74, 6) is 0.0251. The molecule has 1 aromatic carbocycles. The largest absolute Gasteiger partial charge is 0.508 e. The van der Waals surface area contributed by atoms with Gasteiger partial charge in [-0.1, -0.05) is 0 Å². The zero-order valence-corrected chi connectivity index (χ0v) is 10.7. The first-order chi connectivity index (χ1) is 7.64. The molecule has 0 atom stereocenters. The van der Waals surface area contributed by atoms with E-state index >= 15 is 0 Å². The number of anilines is 1. The van der Waals surface area contributed by atoms with Gasteiger partial charge < -0.3 is 16.2 Å². The maximum absolute atomic E-state index is 12.1. The molecule has 0 aliphatic heterocycles. The Morgan fingerprint density at radius 1 is 1.18 bits per heavy atom. The average Bonchev–Trinajstić information content (AvgIpc) is 2.19. The number of rotatable bonds is 3. The van der Waals surface area contributed by atoms with Gasteiger partial charge in [0, 0.05) is 11.2 Å². The Hall–Kier alpha value is -1.55. The van der Waals surface area contributed by atoms with Crippen LogP contribution in [0.2, 0.25) is 0 Å². The number of amides is 1. The summed E-state index contributed by atoms with van der Waals surface area (Å²) in [6.07, 6.45) is 0. The molecule has 0 heterocycles. The zero-order chi connectivity index (χ0) is 13.3. The van der Waals surface area contributed by atoms with Gasteiger partial charge in [0.25, 0.3) is 0 Å². The molecule has 0 spiro atoms. The van der Waals surface area contributed by atoms with Crippen molar-refractivity contribution in [3.8, 4) is 5.75 Å². The molecule has 0 aromatic heterocycles. The average molecular weight is 236 g/mol. The van der Waals surface area contributed by atoms with E-state index in [0.29, 0.717) is 5.69 Å². The second-order valence-corrected chi connectivity index (χ2v) is 5.35. The van der Waals surface area contributed by atoms with Crippen LogP contribution in [0.15, 0.2) is 24.3 Å². The van der Waals surface area contributed by atoms with E-state index in [1.54, 1.807) is 12.1 Å². The highest BCUT2D eigenvalue weighted by Gasteiger charge is 2.40. The molecule has 0 saturated heterocycles. The van der Waals surface area contributed by atoms with E-state index in [0.717, 1.165) is 0 Å². The van der Waals surface area contributed by atoms with Crippen LogP contribution in [0.3, 0.4) is 0 Å². The number of hydrogen-bond acceptors (Lipinski definition) is 3. The SMILES string of the molecule is CC(C)(N)C(C)(C)C(=O)Nc1ccc(O)cc1. The lowest BCUT2D eigenvalue weighted by molar-refractivity contribution is -0.126. The summed E-state index contributed by atoms with van der Waals surface area (Å²) in [5, 5.41) is 11.9. The fourth-order valence-electron chi connectivity index (χ4n) is 1.12. The van der Waals surface area contributed by atoms with Gasteiger partial charge in [-0.2, -0.15) is 0 Å². The maximum Gasteiger partial charge on any atom is 0.231 e. The summed E-state index contributed by atoms with van der Waals surface area (Å²) in [7, 11) is 0. The second-order valence-electron chi connectivity index (χ2n) is 5.35. The molecule has 1 rings (SSSR count). The van der Waals surface area contributed by atoms with Gasteiger partial charge in [-0.3, -0.25) is 4.79 Å². The van der Waals surface area contributed by atoms with Crippen molar-refractivity contribution in [2.45, 2.75) is 33.2 Å². The molecule has 4 N–H and O–H groups in total. The van der Waals surface area contributed by atoms with Crippen LogP contribution in [0, 0.1) is 5.41 Å². The first-order valence-corrected chi connectivity index (χ1v) is 5.54. The lowest BCUT2D eigenvalue weighted by atomic mass is 9.74. The molecule has 0 bridgehead atoms. The van der Waals surface area contributed by atoms with Crippen molar-refractivity contribution in [2.24, 2.45) is 11.1 Å². The monoisotopic (exact) mass is 236 g/mol. The Morgan fingerprint density at radius 2 is 1.65 bits per heavy atom. The van der Waals surface area contributed by atoms with Crippen molar-refractivity contribution >= 4 is 11.6 Å². The Labute approximate surface area is 102 Å². The highest BCUT2D eigenvalue weighted by molar-refractivity contribution is 5.95. The van der Waals surface area contributed by atoms with E-state index in [-0.39, 0.29) is 11.7 Å². The van der Waals surface area contributed by atoms with E-state index in [1.165, 1.54) is 12.1 Å². The molecule has 4 nitrogen and oxygen atoms in total. The third-order valence-corrected chi connectivity index (χ3v) is 3.30. The summed E-state index contributed by atoms with van der Waals surface area (Å²) >= 11 is 0. The van der Waals surface area contributed by atoms with Gasteiger partial charge >= 0.3 is 0 Å². The second kappa shape index (κ2) is 4.37. The van der Waals surface area contributed by atoms with Crippen LogP contribution in [0.25, 0.3) is 0 Å². The quantitative estimate of drug-likeness (QED) is 0.703. The van der Waals surface area contributed by atoms with Gasteiger partial charge in [0.1, 0.15) is 5.75 Å².